The maximum absolute atomic E-state index is 11.0. The summed E-state index contributed by atoms with van der Waals surface area (Å²) in [5.74, 6) is -1.10. The summed E-state index contributed by atoms with van der Waals surface area (Å²) in [7, 11) is 0. The van der Waals surface area contributed by atoms with Gasteiger partial charge in [-0.05, 0) is 13.3 Å². The monoisotopic (exact) mass is 257 g/mol. The number of hydrogen-bond acceptors (Lipinski definition) is 4. The first-order valence-electron chi connectivity index (χ1n) is 6.62. The molecule has 106 valence electrons. The highest BCUT2D eigenvalue weighted by atomic mass is 16.6. The van der Waals surface area contributed by atoms with Crippen LogP contribution in [0.15, 0.2) is 12.7 Å². The predicted molar refractivity (Wildman–Crippen MR) is 74.0 cm³/mol. The molecule has 0 amide bonds. The van der Waals surface area contributed by atoms with Crippen LogP contribution in [0.1, 0.15) is 58.8 Å². The SMILES string of the molecule is C=CC.CCCCCCCCC(=O)OC(=O)CN. The molecule has 0 saturated heterocycles. The molecule has 0 unspecified atom stereocenters. The minimum absolute atomic E-state index is 0.234. The van der Waals surface area contributed by atoms with Gasteiger partial charge in [-0.1, -0.05) is 45.1 Å². The van der Waals surface area contributed by atoms with E-state index in [4.69, 9.17) is 5.73 Å². The molecule has 0 atom stereocenters. The lowest BCUT2D eigenvalue weighted by atomic mass is 10.1. The third kappa shape index (κ3) is 17.2. The van der Waals surface area contributed by atoms with Gasteiger partial charge in [-0.25, -0.2) is 0 Å². The highest BCUT2D eigenvalue weighted by Gasteiger charge is 2.07. The van der Waals surface area contributed by atoms with Crippen LogP contribution in [0.5, 0.6) is 0 Å². The molecule has 0 heterocycles. The number of esters is 2. The topological polar surface area (TPSA) is 69.4 Å². The highest BCUT2D eigenvalue weighted by Crippen LogP contribution is 2.07. The number of nitrogens with two attached hydrogens (primary N) is 1. The molecule has 2 N–H and O–H groups in total. The molecular formula is C14H27NO3. The van der Waals surface area contributed by atoms with Crippen molar-refractivity contribution in [2.24, 2.45) is 5.73 Å². The summed E-state index contributed by atoms with van der Waals surface area (Å²) < 4.78 is 4.42. The average Bonchev–Trinajstić information content (AvgIpc) is 2.34. The molecule has 0 saturated carbocycles. The smallest absolute Gasteiger partial charge is 0.327 e. The molecule has 0 aliphatic rings. The second-order valence-corrected chi connectivity index (χ2v) is 3.98. The van der Waals surface area contributed by atoms with Gasteiger partial charge in [0.1, 0.15) is 0 Å². The predicted octanol–water partition coefficient (Wildman–Crippen LogP) is 2.96. The van der Waals surface area contributed by atoms with Crippen LogP contribution >= 0.6 is 0 Å². The van der Waals surface area contributed by atoms with Gasteiger partial charge in [0.2, 0.25) is 0 Å². The number of allylic oxidation sites excluding steroid dienone is 1. The Hall–Kier alpha value is -1.16. The van der Waals surface area contributed by atoms with Gasteiger partial charge in [0.15, 0.2) is 0 Å². The van der Waals surface area contributed by atoms with E-state index in [1.54, 1.807) is 6.08 Å². The Bertz CT molecular complexity index is 227. The van der Waals surface area contributed by atoms with Gasteiger partial charge in [0, 0.05) is 6.42 Å². The lowest BCUT2D eigenvalue weighted by Gasteiger charge is -2.01. The molecule has 0 aliphatic carbocycles. The van der Waals surface area contributed by atoms with E-state index in [0.29, 0.717) is 6.42 Å². The van der Waals surface area contributed by atoms with E-state index in [2.05, 4.69) is 18.2 Å². The molecule has 0 spiro atoms. The van der Waals surface area contributed by atoms with Crippen LogP contribution in [0, 0.1) is 0 Å². The van der Waals surface area contributed by atoms with Gasteiger partial charge in [-0.3, -0.25) is 9.59 Å². The van der Waals surface area contributed by atoms with Crippen LogP contribution in [0.3, 0.4) is 0 Å². The Balaban J connectivity index is 0. The van der Waals surface area contributed by atoms with E-state index >= 15 is 0 Å². The summed E-state index contributed by atoms with van der Waals surface area (Å²) in [5.41, 5.74) is 5.00. The van der Waals surface area contributed by atoms with E-state index in [1.165, 1.54) is 19.3 Å². The van der Waals surface area contributed by atoms with E-state index in [9.17, 15) is 9.59 Å². The molecular weight excluding hydrogens is 230 g/mol. The van der Waals surface area contributed by atoms with Gasteiger partial charge in [-0.2, -0.15) is 0 Å². The number of unbranched alkanes of at least 4 members (excludes halogenated alkanes) is 5. The third-order valence-electron chi connectivity index (χ3n) is 2.13. The minimum Gasteiger partial charge on any atom is -0.392 e. The van der Waals surface area contributed by atoms with Crippen LogP contribution in [-0.4, -0.2) is 18.5 Å². The largest absolute Gasteiger partial charge is 0.392 e. The Morgan fingerprint density at radius 2 is 1.61 bits per heavy atom. The molecule has 4 nitrogen and oxygen atoms in total. The molecule has 0 fully saturated rings. The van der Waals surface area contributed by atoms with Gasteiger partial charge in [-0.15, -0.1) is 6.58 Å². The van der Waals surface area contributed by atoms with Crippen molar-refractivity contribution < 1.29 is 14.3 Å². The fourth-order valence-electron chi connectivity index (χ4n) is 1.27. The van der Waals surface area contributed by atoms with Crippen LogP contribution in [-0.2, 0) is 14.3 Å². The minimum atomic E-state index is -0.647. The highest BCUT2D eigenvalue weighted by molar-refractivity contribution is 5.86. The van der Waals surface area contributed by atoms with Crippen molar-refractivity contribution in [3.63, 3.8) is 0 Å². The Kier molecular flexibility index (Phi) is 16.9. The summed E-state index contributed by atoms with van der Waals surface area (Å²) >= 11 is 0. The van der Waals surface area contributed by atoms with Gasteiger partial charge in [0.05, 0.1) is 6.54 Å². The van der Waals surface area contributed by atoms with Gasteiger partial charge in [0.25, 0.3) is 0 Å². The molecule has 0 radical (unpaired) electrons. The molecule has 0 aromatic rings. The normalized spacial score (nSPS) is 9.06. The van der Waals surface area contributed by atoms with Crippen molar-refractivity contribution in [2.45, 2.75) is 58.8 Å². The molecule has 0 aromatic carbocycles. The number of carbonyl (C=O) groups is 2. The first-order chi connectivity index (χ1) is 8.62. The lowest BCUT2D eigenvalue weighted by molar-refractivity contribution is -0.158. The molecule has 0 bridgehead atoms. The van der Waals surface area contributed by atoms with Crippen molar-refractivity contribution in [3.8, 4) is 0 Å². The second-order valence-electron chi connectivity index (χ2n) is 3.98. The van der Waals surface area contributed by atoms with Crippen molar-refractivity contribution in [1.82, 2.24) is 0 Å². The Labute approximate surface area is 111 Å². The fourth-order valence-corrected chi connectivity index (χ4v) is 1.27. The zero-order valence-electron chi connectivity index (χ0n) is 11.7. The zero-order chi connectivity index (χ0) is 14.2. The summed E-state index contributed by atoms with van der Waals surface area (Å²) in [6.45, 7) is 7.18. The average molecular weight is 257 g/mol. The second kappa shape index (κ2) is 15.8. The number of rotatable bonds is 8. The molecule has 18 heavy (non-hydrogen) atoms. The molecule has 4 heteroatoms. The summed E-state index contributed by atoms with van der Waals surface area (Å²) in [6.07, 6.45) is 8.70. The Morgan fingerprint density at radius 3 is 2.11 bits per heavy atom. The molecule has 0 aromatic heterocycles. The summed E-state index contributed by atoms with van der Waals surface area (Å²) in [5, 5.41) is 0. The van der Waals surface area contributed by atoms with Gasteiger partial charge < -0.3 is 10.5 Å². The van der Waals surface area contributed by atoms with Crippen molar-refractivity contribution in [2.75, 3.05) is 6.54 Å². The third-order valence-corrected chi connectivity index (χ3v) is 2.13. The van der Waals surface area contributed by atoms with Crippen molar-refractivity contribution in [3.05, 3.63) is 12.7 Å². The summed E-state index contributed by atoms with van der Waals surface area (Å²) in [6, 6.07) is 0. The Morgan fingerprint density at radius 1 is 1.11 bits per heavy atom. The first-order valence-corrected chi connectivity index (χ1v) is 6.62. The van der Waals surface area contributed by atoms with E-state index in [0.717, 1.165) is 19.3 Å². The van der Waals surface area contributed by atoms with Crippen LogP contribution in [0.2, 0.25) is 0 Å². The number of carbonyl (C=O) groups excluding carboxylic acids is 2. The van der Waals surface area contributed by atoms with Crippen molar-refractivity contribution in [1.29, 1.82) is 0 Å². The van der Waals surface area contributed by atoms with E-state index < -0.39 is 11.9 Å². The van der Waals surface area contributed by atoms with Gasteiger partial charge >= 0.3 is 11.9 Å². The molecule has 0 aliphatic heterocycles. The quantitative estimate of drug-likeness (QED) is 0.314. The fraction of sp³-hybridized carbons (Fsp3) is 0.714. The maximum Gasteiger partial charge on any atom is 0.327 e. The number of ether oxygens (including phenoxy) is 1. The number of hydrogen-bond donors (Lipinski definition) is 1. The first kappa shape index (κ1) is 19.2. The van der Waals surface area contributed by atoms with Crippen LogP contribution < -0.4 is 5.73 Å². The van der Waals surface area contributed by atoms with Crippen molar-refractivity contribution >= 4 is 11.9 Å². The lowest BCUT2D eigenvalue weighted by Crippen LogP contribution is -2.20. The summed E-state index contributed by atoms with van der Waals surface area (Å²) in [4.78, 5) is 21.6. The molecule has 0 rings (SSSR count). The maximum atomic E-state index is 11.0. The zero-order valence-corrected chi connectivity index (χ0v) is 11.7. The van der Waals surface area contributed by atoms with Crippen LogP contribution in [0.4, 0.5) is 0 Å². The van der Waals surface area contributed by atoms with E-state index in [1.807, 2.05) is 6.92 Å². The standard InChI is InChI=1S/C11H21NO3.C3H6/c1-2-3-4-5-6-7-8-10(13)15-11(14)9-12;1-3-2/h2-9,12H2,1H3;3H,1H2,2H3. The van der Waals surface area contributed by atoms with Crippen LogP contribution in [0.25, 0.3) is 0 Å². The van der Waals surface area contributed by atoms with E-state index in [-0.39, 0.29) is 6.54 Å².